The molecule has 0 unspecified atom stereocenters. The van der Waals surface area contributed by atoms with Crippen molar-refractivity contribution >= 4 is 28.7 Å². The largest absolute Gasteiger partial charge is 0.493 e. The Morgan fingerprint density at radius 2 is 1.55 bits per heavy atom. The summed E-state index contributed by atoms with van der Waals surface area (Å²) in [5, 5.41) is 5.01. The number of Topliss-reactive ketones (excluding diaryl/α,β-unsaturated/α-hetero) is 1. The first-order chi connectivity index (χ1) is 20.5. The van der Waals surface area contributed by atoms with Crippen molar-refractivity contribution in [1.29, 1.82) is 0 Å². The molecule has 0 spiro atoms. The zero-order chi connectivity index (χ0) is 30.0. The molecule has 3 rings (SSSR count). The molecule has 0 aliphatic rings. The summed E-state index contributed by atoms with van der Waals surface area (Å²) in [5.74, 6) is 0.678. The smallest absolute Gasteiger partial charge is 0.262 e. The van der Waals surface area contributed by atoms with Gasteiger partial charge >= 0.3 is 0 Å². The number of thiazole rings is 1. The molecule has 0 aliphatic heterocycles. The van der Waals surface area contributed by atoms with Crippen molar-refractivity contribution in [2.24, 2.45) is 0 Å². The summed E-state index contributed by atoms with van der Waals surface area (Å²) < 4.78 is 13.8. The number of nitrogens with one attached hydrogen (secondary N) is 1. The highest BCUT2D eigenvalue weighted by molar-refractivity contribution is 7.07. The van der Waals surface area contributed by atoms with Crippen molar-refractivity contribution < 1.29 is 23.6 Å². The number of hydrogen-bond acceptors (Lipinski definition) is 5. The molecule has 228 valence electrons. The Morgan fingerprint density at radius 3 is 2.19 bits per heavy atom. The van der Waals surface area contributed by atoms with Crippen LogP contribution in [0.4, 0.5) is 5.69 Å². The number of benzene rings is 2. The summed E-state index contributed by atoms with van der Waals surface area (Å²) in [4.78, 5) is 24.9. The van der Waals surface area contributed by atoms with Gasteiger partial charge in [0.15, 0.2) is 24.6 Å². The van der Waals surface area contributed by atoms with Gasteiger partial charge in [-0.2, -0.15) is 4.57 Å². The van der Waals surface area contributed by atoms with Crippen LogP contribution in [0, 0.1) is 6.92 Å². The number of aromatic nitrogens is 1. The van der Waals surface area contributed by atoms with E-state index in [1.54, 1.807) is 29.5 Å². The molecule has 6 nitrogen and oxygen atoms in total. The number of amides is 1. The molecule has 1 heterocycles. The fraction of sp³-hybridized carbons (Fsp3) is 0.514. The molecule has 2 aromatic carbocycles. The predicted octanol–water partition coefficient (Wildman–Crippen LogP) is 8.69. The van der Waals surface area contributed by atoms with E-state index < -0.39 is 0 Å². The molecule has 7 heteroatoms. The predicted molar refractivity (Wildman–Crippen MR) is 172 cm³/mol. The minimum Gasteiger partial charge on any atom is -0.493 e. The molecule has 0 atom stereocenters. The van der Waals surface area contributed by atoms with E-state index in [0.717, 1.165) is 30.6 Å². The number of carbonyl (C=O) groups is 2. The number of hydrogen-bond donors (Lipinski definition) is 1. The molecule has 3 aromatic rings. The van der Waals surface area contributed by atoms with Crippen LogP contribution in [0.2, 0.25) is 0 Å². The zero-order valence-electron chi connectivity index (χ0n) is 25.8. The third kappa shape index (κ3) is 12.4. The minimum absolute atomic E-state index is 0.0925. The highest BCUT2D eigenvalue weighted by Gasteiger charge is 2.13. The zero-order valence-corrected chi connectivity index (χ0v) is 26.6. The Labute approximate surface area is 256 Å². The lowest BCUT2D eigenvalue weighted by molar-refractivity contribution is -0.689. The van der Waals surface area contributed by atoms with Crippen LogP contribution in [0.15, 0.2) is 53.4 Å². The summed E-state index contributed by atoms with van der Waals surface area (Å²) in [6.45, 7) is 7.04. The second kappa shape index (κ2) is 19.1. The molecule has 0 saturated carbocycles. The Kier molecular flexibility index (Phi) is 15.1. The first-order valence-corrected chi connectivity index (χ1v) is 16.6. The van der Waals surface area contributed by atoms with Crippen molar-refractivity contribution in [1.82, 2.24) is 0 Å². The van der Waals surface area contributed by atoms with Crippen LogP contribution in [0.1, 0.15) is 113 Å². The van der Waals surface area contributed by atoms with E-state index in [4.69, 9.17) is 9.47 Å². The summed E-state index contributed by atoms with van der Waals surface area (Å²) in [6, 6.07) is 13.0. The molecule has 1 aromatic heterocycles. The van der Waals surface area contributed by atoms with E-state index in [1.165, 1.54) is 76.8 Å². The number of anilines is 1. The lowest BCUT2D eigenvalue weighted by atomic mass is 10.1. The molecule has 0 radical (unpaired) electrons. The van der Waals surface area contributed by atoms with Gasteiger partial charge in [0.2, 0.25) is 5.51 Å². The topological polar surface area (TPSA) is 68.5 Å². The Bertz CT molecular complexity index is 1240. The molecular formula is C35H49N2O4S+. The van der Waals surface area contributed by atoms with E-state index in [-0.39, 0.29) is 18.3 Å². The molecule has 1 amide bonds. The van der Waals surface area contributed by atoms with E-state index in [1.807, 2.05) is 24.3 Å². The molecule has 42 heavy (non-hydrogen) atoms. The summed E-state index contributed by atoms with van der Waals surface area (Å²) in [7, 11) is 0. The SMILES string of the molecule is CCCCCCCCCCCCCCOc1ccc(OCC(=O)Nc2cccc(C[n+]3cscc3C)c2)cc1C(C)=O. The maximum Gasteiger partial charge on any atom is 0.262 e. The fourth-order valence-electron chi connectivity index (χ4n) is 4.93. The van der Waals surface area contributed by atoms with Crippen LogP contribution in [0.25, 0.3) is 0 Å². The number of unbranched alkanes of at least 4 members (excludes halogenated alkanes) is 11. The molecule has 1 N–H and O–H groups in total. The van der Waals surface area contributed by atoms with Crippen molar-refractivity contribution in [3.8, 4) is 11.5 Å². The van der Waals surface area contributed by atoms with Gasteiger partial charge in [0.1, 0.15) is 11.5 Å². The van der Waals surface area contributed by atoms with E-state index in [0.29, 0.717) is 23.7 Å². The molecule has 0 saturated heterocycles. The van der Waals surface area contributed by atoms with Gasteiger partial charge in [0.05, 0.1) is 17.6 Å². The lowest BCUT2D eigenvalue weighted by Crippen LogP contribution is -2.34. The third-order valence-corrected chi connectivity index (χ3v) is 8.25. The average Bonchev–Trinajstić information content (AvgIpc) is 3.38. The highest BCUT2D eigenvalue weighted by Crippen LogP contribution is 2.25. The molecular weight excluding hydrogens is 544 g/mol. The van der Waals surface area contributed by atoms with Gasteiger partial charge in [-0.25, -0.2) is 0 Å². The number of rotatable bonds is 21. The van der Waals surface area contributed by atoms with E-state index in [9.17, 15) is 9.59 Å². The lowest BCUT2D eigenvalue weighted by Gasteiger charge is -2.13. The number of ether oxygens (including phenoxy) is 2. The quantitative estimate of drug-likeness (QED) is 0.0762. The van der Waals surface area contributed by atoms with Gasteiger partial charge in [0, 0.05) is 18.2 Å². The first-order valence-electron chi connectivity index (χ1n) is 15.7. The maximum atomic E-state index is 12.6. The normalized spacial score (nSPS) is 10.9. The Hall–Kier alpha value is -3.19. The highest BCUT2D eigenvalue weighted by atomic mass is 32.1. The summed E-state index contributed by atoms with van der Waals surface area (Å²) >= 11 is 1.67. The van der Waals surface area contributed by atoms with Gasteiger partial charge in [-0.3, -0.25) is 9.59 Å². The van der Waals surface area contributed by atoms with E-state index in [2.05, 4.69) is 34.6 Å². The van der Waals surface area contributed by atoms with Crippen molar-refractivity contribution in [3.63, 3.8) is 0 Å². The molecule has 0 bridgehead atoms. The second-order valence-electron chi connectivity index (χ2n) is 11.1. The summed E-state index contributed by atoms with van der Waals surface area (Å²) in [6.07, 6.45) is 15.5. The third-order valence-electron chi connectivity index (χ3n) is 7.40. The number of carbonyl (C=O) groups excluding carboxylic acids is 2. The van der Waals surface area contributed by atoms with Crippen LogP contribution in [-0.2, 0) is 11.3 Å². The van der Waals surface area contributed by atoms with Gasteiger partial charge in [-0.15, -0.1) is 0 Å². The van der Waals surface area contributed by atoms with Crippen molar-refractivity contribution in [3.05, 3.63) is 70.2 Å². The van der Waals surface area contributed by atoms with Gasteiger partial charge in [0.25, 0.3) is 5.91 Å². The van der Waals surface area contributed by atoms with E-state index >= 15 is 0 Å². The van der Waals surface area contributed by atoms with Crippen LogP contribution in [-0.4, -0.2) is 24.9 Å². The monoisotopic (exact) mass is 593 g/mol. The van der Waals surface area contributed by atoms with Crippen LogP contribution in [0.3, 0.4) is 0 Å². The Balaban J connectivity index is 1.35. The fourth-order valence-corrected chi connectivity index (χ4v) is 5.71. The van der Waals surface area contributed by atoms with Crippen molar-refractivity contribution in [2.45, 2.75) is 104 Å². The average molecular weight is 594 g/mol. The summed E-state index contributed by atoms with van der Waals surface area (Å²) in [5.41, 5.74) is 5.58. The molecule has 0 aliphatic carbocycles. The standard InChI is InChI=1S/C35H48N2O4S/c1-4-5-6-7-8-9-10-11-12-13-14-15-21-40-34-20-19-32(23-33(34)29(3)38)41-25-35(39)36-31-18-16-17-30(22-31)24-37-27-42-26-28(37)2/h16-20,22-23,26-27H,4-15,21,24-25H2,1-3H3/p+1. The van der Waals surface area contributed by atoms with Gasteiger partial charge in [-0.1, -0.05) is 101 Å². The van der Waals surface area contributed by atoms with Crippen LogP contribution < -0.4 is 19.4 Å². The van der Waals surface area contributed by atoms with Gasteiger partial charge in [-0.05, 0) is 43.7 Å². The number of ketones is 1. The number of nitrogens with zero attached hydrogens (tertiary/aromatic N) is 1. The number of aryl methyl sites for hydroxylation is 1. The molecule has 0 fully saturated rings. The maximum absolute atomic E-state index is 12.6. The first kappa shape index (κ1) is 33.3. The Morgan fingerprint density at radius 1 is 0.857 bits per heavy atom. The van der Waals surface area contributed by atoms with Crippen LogP contribution in [0.5, 0.6) is 11.5 Å². The second-order valence-corrected chi connectivity index (χ2v) is 11.8. The van der Waals surface area contributed by atoms with Crippen molar-refractivity contribution in [2.75, 3.05) is 18.5 Å². The minimum atomic E-state index is -0.261. The van der Waals surface area contributed by atoms with Crippen LogP contribution >= 0.6 is 11.3 Å². The van der Waals surface area contributed by atoms with Gasteiger partial charge < -0.3 is 14.8 Å².